The van der Waals surface area contributed by atoms with Crippen LogP contribution >= 0.6 is 11.6 Å². The Hall–Kier alpha value is -1.63. The van der Waals surface area contributed by atoms with E-state index in [1.807, 2.05) is 0 Å². The molecule has 0 amide bonds. The van der Waals surface area contributed by atoms with Crippen molar-refractivity contribution in [2.24, 2.45) is 0 Å². The van der Waals surface area contributed by atoms with E-state index in [0.29, 0.717) is 5.56 Å². The van der Waals surface area contributed by atoms with E-state index in [-0.39, 0.29) is 22.8 Å². The predicted molar refractivity (Wildman–Crippen MR) is 72.0 cm³/mol. The fourth-order valence-electron chi connectivity index (χ4n) is 1.63. The molecule has 0 aliphatic rings. The van der Waals surface area contributed by atoms with E-state index in [2.05, 4.69) is 0 Å². The Bertz CT molecular complexity index is 623. The molecule has 104 valence electrons. The lowest BCUT2D eigenvalue weighted by Crippen LogP contribution is -2.33. The quantitative estimate of drug-likeness (QED) is 0.847. The summed E-state index contributed by atoms with van der Waals surface area (Å²) in [6, 6.07) is 7.53. The average molecular weight is 298 g/mol. The number of halogens is 3. The van der Waals surface area contributed by atoms with Gasteiger partial charge in [0.25, 0.3) is 0 Å². The third-order valence-electron chi connectivity index (χ3n) is 2.63. The maximum absolute atomic E-state index is 13.3. The molecule has 0 saturated carbocycles. The molecule has 0 aliphatic carbocycles. The molecule has 7 heteroatoms. The van der Waals surface area contributed by atoms with Gasteiger partial charge in [-0.3, -0.25) is 0 Å². The van der Waals surface area contributed by atoms with E-state index in [9.17, 15) is 8.78 Å². The number of hydrogen-bond donors (Lipinski definition) is 2. The third-order valence-corrected chi connectivity index (χ3v) is 2.92. The van der Waals surface area contributed by atoms with Crippen LogP contribution in [0.3, 0.4) is 0 Å². The van der Waals surface area contributed by atoms with Gasteiger partial charge in [0.15, 0.2) is 0 Å². The Morgan fingerprint density at radius 1 is 1.10 bits per heavy atom. The zero-order chi connectivity index (χ0) is 14.7. The zero-order valence-electron chi connectivity index (χ0n) is 10.2. The van der Waals surface area contributed by atoms with Crippen molar-refractivity contribution in [3.63, 3.8) is 0 Å². The molecule has 0 aliphatic heterocycles. The Labute approximate surface area is 119 Å². The summed E-state index contributed by atoms with van der Waals surface area (Å²) in [4.78, 5) is 0. The van der Waals surface area contributed by atoms with Gasteiger partial charge in [-0.1, -0.05) is 23.7 Å². The van der Waals surface area contributed by atoms with Crippen molar-refractivity contribution in [2.45, 2.75) is 6.61 Å². The highest BCUT2D eigenvalue weighted by Crippen LogP contribution is 2.25. The van der Waals surface area contributed by atoms with Gasteiger partial charge in [0.05, 0.1) is 5.02 Å². The van der Waals surface area contributed by atoms with Crippen molar-refractivity contribution < 1.29 is 23.6 Å². The highest BCUT2D eigenvalue weighted by molar-refractivity contribution is 6.58. The number of benzene rings is 2. The molecule has 0 saturated heterocycles. The molecule has 0 bridgehead atoms. The van der Waals surface area contributed by atoms with E-state index in [0.717, 1.165) is 12.1 Å². The van der Waals surface area contributed by atoms with E-state index in [1.165, 1.54) is 24.3 Å². The van der Waals surface area contributed by atoms with Gasteiger partial charge in [-0.25, -0.2) is 8.78 Å². The lowest BCUT2D eigenvalue weighted by atomic mass is 9.79. The van der Waals surface area contributed by atoms with Gasteiger partial charge in [-0.2, -0.15) is 0 Å². The first-order valence-electron chi connectivity index (χ1n) is 5.69. The molecule has 0 atom stereocenters. The number of hydrogen-bond acceptors (Lipinski definition) is 3. The summed E-state index contributed by atoms with van der Waals surface area (Å²) in [5.41, 5.74) is 0.284. The summed E-state index contributed by atoms with van der Waals surface area (Å²) in [7, 11) is -1.90. The van der Waals surface area contributed by atoms with Crippen LogP contribution in [0.25, 0.3) is 0 Å². The van der Waals surface area contributed by atoms with E-state index in [4.69, 9.17) is 26.4 Å². The van der Waals surface area contributed by atoms with E-state index in [1.54, 1.807) is 0 Å². The second-order valence-corrected chi connectivity index (χ2v) is 4.50. The van der Waals surface area contributed by atoms with Gasteiger partial charge in [0, 0.05) is 5.46 Å². The number of ether oxygens (including phenoxy) is 1. The van der Waals surface area contributed by atoms with Crippen molar-refractivity contribution in [3.05, 3.63) is 58.6 Å². The topological polar surface area (TPSA) is 49.7 Å². The van der Waals surface area contributed by atoms with Crippen LogP contribution in [0.15, 0.2) is 36.4 Å². The van der Waals surface area contributed by atoms with E-state index >= 15 is 0 Å². The molecule has 2 aromatic rings. The standard InChI is InChI=1S/C13H10BClF2O3/c15-11-6-9(16)2-4-13(11)20-7-8-1-3-12(17)10(5-8)14(18)19/h1-6,18-19H,7H2. The van der Waals surface area contributed by atoms with Crippen LogP contribution in [-0.2, 0) is 6.61 Å². The molecule has 0 unspecified atom stereocenters. The Balaban J connectivity index is 2.13. The van der Waals surface area contributed by atoms with Crippen LogP contribution in [0.2, 0.25) is 5.02 Å². The summed E-state index contributed by atoms with van der Waals surface area (Å²) in [5, 5.41) is 18.1. The molecular formula is C13H10BClF2O3. The van der Waals surface area contributed by atoms with Crippen molar-refractivity contribution in [1.82, 2.24) is 0 Å². The first kappa shape index (κ1) is 14.8. The van der Waals surface area contributed by atoms with Gasteiger partial charge in [-0.15, -0.1) is 0 Å². The lowest BCUT2D eigenvalue weighted by molar-refractivity contribution is 0.306. The minimum absolute atomic E-state index is 0.0331. The molecule has 3 nitrogen and oxygen atoms in total. The van der Waals surface area contributed by atoms with E-state index < -0.39 is 18.8 Å². The fourth-order valence-corrected chi connectivity index (χ4v) is 1.86. The van der Waals surface area contributed by atoms with Gasteiger partial charge < -0.3 is 14.8 Å². The summed E-state index contributed by atoms with van der Waals surface area (Å²) in [6.07, 6.45) is 0. The first-order valence-corrected chi connectivity index (χ1v) is 6.07. The summed E-state index contributed by atoms with van der Waals surface area (Å²) in [6.45, 7) is 0.0331. The fraction of sp³-hybridized carbons (Fsp3) is 0.0769. The zero-order valence-corrected chi connectivity index (χ0v) is 10.9. The van der Waals surface area contributed by atoms with Crippen LogP contribution in [0, 0.1) is 11.6 Å². The van der Waals surface area contributed by atoms with Crippen molar-refractivity contribution in [1.29, 1.82) is 0 Å². The SMILES string of the molecule is OB(O)c1cc(COc2ccc(F)cc2Cl)ccc1F. The molecular weight excluding hydrogens is 288 g/mol. The second-order valence-electron chi connectivity index (χ2n) is 4.09. The minimum atomic E-state index is -1.90. The van der Waals surface area contributed by atoms with Gasteiger partial charge in [0.1, 0.15) is 24.0 Å². The predicted octanol–water partition coefficient (Wildman–Crippen LogP) is 1.88. The molecule has 0 radical (unpaired) electrons. The van der Waals surface area contributed by atoms with Crippen LogP contribution < -0.4 is 10.2 Å². The molecule has 0 aromatic heterocycles. The van der Waals surface area contributed by atoms with Crippen LogP contribution in [0.4, 0.5) is 8.78 Å². The average Bonchev–Trinajstić information content (AvgIpc) is 2.39. The molecule has 2 aromatic carbocycles. The number of rotatable bonds is 4. The maximum atomic E-state index is 13.3. The monoisotopic (exact) mass is 298 g/mol. The minimum Gasteiger partial charge on any atom is -0.487 e. The molecule has 0 fully saturated rings. The van der Waals surface area contributed by atoms with Gasteiger partial charge in [0.2, 0.25) is 0 Å². The summed E-state index contributed by atoms with van der Waals surface area (Å²) < 4.78 is 31.5. The molecule has 20 heavy (non-hydrogen) atoms. The highest BCUT2D eigenvalue weighted by atomic mass is 35.5. The molecule has 2 N–H and O–H groups in total. The smallest absolute Gasteiger partial charge is 0.487 e. The van der Waals surface area contributed by atoms with Crippen LogP contribution in [-0.4, -0.2) is 17.2 Å². The summed E-state index contributed by atoms with van der Waals surface area (Å²) >= 11 is 5.80. The molecule has 0 spiro atoms. The third kappa shape index (κ3) is 3.48. The van der Waals surface area contributed by atoms with Crippen molar-refractivity contribution >= 4 is 24.2 Å². The van der Waals surface area contributed by atoms with Crippen LogP contribution in [0.1, 0.15) is 5.56 Å². The lowest BCUT2D eigenvalue weighted by Gasteiger charge is -2.09. The Morgan fingerprint density at radius 3 is 2.50 bits per heavy atom. The molecule has 0 heterocycles. The molecule has 2 rings (SSSR count). The largest absolute Gasteiger partial charge is 0.491 e. The van der Waals surface area contributed by atoms with Crippen molar-refractivity contribution in [3.8, 4) is 5.75 Å². The van der Waals surface area contributed by atoms with Gasteiger partial charge >= 0.3 is 7.12 Å². The first-order chi connectivity index (χ1) is 9.47. The second kappa shape index (κ2) is 6.22. The Kier molecular flexibility index (Phi) is 4.59. The summed E-state index contributed by atoms with van der Waals surface area (Å²) in [5.74, 6) is -0.915. The maximum Gasteiger partial charge on any atom is 0.491 e. The van der Waals surface area contributed by atoms with Crippen LogP contribution in [0.5, 0.6) is 5.75 Å². The van der Waals surface area contributed by atoms with Gasteiger partial charge in [-0.05, 0) is 29.8 Å². The normalized spacial score (nSPS) is 10.4. The Morgan fingerprint density at radius 2 is 1.85 bits per heavy atom. The van der Waals surface area contributed by atoms with Crippen molar-refractivity contribution in [2.75, 3.05) is 0 Å². The highest BCUT2D eigenvalue weighted by Gasteiger charge is 2.17.